The minimum atomic E-state index is -0.187. The average molecular weight is 348 g/mol. The van der Waals surface area contributed by atoms with Crippen LogP contribution in [0, 0.1) is 0 Å². The summed E-state index contributed by atoms with van der Waals surface area (Å²) >= 11 is 0. The number of carbonyl (C=O) groups excluding carboxylic acids is 2. The normalized spacial score (nSPS) is 11.0. The van der Waals surface area contributed by atoms with E-state index in [-0.39, 0.29) is 24.9 Å². The quantitative estimate of drug-likeness (QED) is 0.350. The molecule has 142 valence electrons. The maximum absolute atomic E-state index is 11.5. The zero-order chi connectivity index (χ0) is 18.0. The summed E-state index contributed by atoms with van der Waals surface area (Å²) in [5.41, 5.74) is 0. The molecule has 0 heterocycles. The van der Waals surface area contributed by atoms with Crippen molar-refractivity contribution in [3.05, 3.63) is 0 Å². The third-order valence-electron chi connectivity index (χ3n) is 2.65. The van der Waals surface area contributed by atoms with E-state index in [1.165, 1.54) is 6.92 Å². The zero-order valence-corrected chi connectivity index (χ0v) is 15.1. The number of Topliss-reactive ketones (excluding diaryl/α,β-unsaturated/α-hetero) is 1. The van der Waals surface area contributed by atoms with Crippen molar-refractivity contribution in [2.75, 3.05) is 65.9 Å². The largest absolute Gasteiger partial charge is 0.378 e. The van der Waals surface area contributed by atoms with Gasteiger partial charge in [0.05, 0.1) is 39.6 Å². The lowest BCUT2D eigenvalue weighted by Crippen LogP contribution is -2.31. The van der Waals surface area contributed by atoms with Crippen molar-refractivity contribution in [3.8, 4) is 0 Å². The first-order valence-electron chi connectivity index (χ1n) is 8.33. The van der Waals surface area contributed by atoms with Gasteiger partial charge in [-0.2, -0.15) is 0 Å². The van der Waals surface area contributed by atoms with Crippen LogP contribution >= 0.6 is 0 Å². The molecule has 0 spiro atoms. The molecular formula is C16H32N2O6. The highest BCUT2D eigenvalue weighted by molar-refractivity contribution is 5.77. The second kappa shape index (κ2) is 16.8. The third kappa shape index (κ3) is 19.0. The number of rotatable bonds is 17. The predicted molar refractivity (Wildman–Crippen MR) is 90.1 cm³/mol. The summed E-state index contributed by atoms with van der Waals surface area (Å²) in [4.78, 5) is 22.1. The zero-order valence-electron chi connectivity index (χ0n) is 15.1. The second-order valence-electron chi connectivity index (χ2n) is 5.49. The lowest BCUT2D eigenvalue weighted by molar-refractivity contribution is -0.126. The number of carbonyl (C=O) groups is 2. The predicted octanol–water partition coefficient (Wildman–Crippen LogP) is -0.244. The second-order valence-corrected chi connectivity index (χ2v) is 5.49. The Balaban J connectivity index is 3.20. The van der Waals surface area contributed by atoms with Crippen LogP contribution in [0.25, 0.3) is 0 Å². The molecule has 0 aromatic rings. The fourth-order valence-electron chi connectivity index (χ4n) is 1.55. The maximum Gasteiger partial charge on any atom is 0.246 e. The summed E-state index contributed by atoms with van der Waals surface area (Å²) in [6.45, 7) is 9.58. The molecule has 0 aromatic heterocycles. The summed E-state index contributed by atoms with van der Waals surface area (Å²) in [5.74, 6) is -0.201. The number of amides is 1. The minimum absolute atomic E-state index is 0.00925. The van der Waals surface area contributed by atoms with Gasteiger partial charge in [-0.3, -0.25) is 9.59 Å². The van der Waals surface area contributed by atoms with Crippen molar-refractivity contribution in [1.29, 1.82) is 0 Å². The van der Waals surface area contributed by atoms with E-state index in [1.807, 2.05) is 0 Å². The molecule has 0 aromatic carbocycles. The van der Waals surface area contributed by atoms with Gasteiger partial charge in [0.15, 0.2) is 5.78 Å². The average Bonchev–Trinajstić information content (AvgIpc) is 2.51. The van der Waals surface area contributed by atoms with Crippen LogP contribution in [0.3, 0.4) is 0 Å². The summed E-state index contributed by atoms with van der Waals surface area (Å²) in [5, 5.41) is 5.92. The molecular weight excluding hydrogens is 316 g/mol. The highest BCUT2D eigenvalue weighted by atomic mass is 16.5. The van der Waals surface area contributed by atoms with E-state index in [0.29, 0.717) is 52.2 Å². The van der Waals surface area contributed by atoms with Crippen LogP contribution < -0.4 is 10.6 Å². The van der Waals surface area contributed by atoms with E-state index in [9.17, 15) is 9.59 Å². The van der Waals surface area contributed by atoms with E-state index in [2.05, 4.69) is 24.5 Å². The molecule has 0 saturated heterocycles. The molecule has 8 nitrogen and oxygen atoms in total. The van der Waals surface area contributed by atoms with Crippen molar-refractivity contribution in [2.45, 2.75) is 26.8 Å². The fourth-order valence-corrected chi connectivity index (χ4v) is 1.55. The van der Waals surface area contributed by atoms with Gasteiger partial charge in [0.2, 0.25) is 5.91 Å². The Bertz CT molecular complexity index is 326. The Kier molecular flexibility index (Phi) is 16.0. The first-order chi connectivity index (χ1) is 11.5. The third-order valence-corrected chi connectivity index (χ3v) is 2.65. The molecule has 0 atom stereocenters. The molecule has 0 aliphatic carbocycles. The van der Waals surface area contributed by atoms with Gasteiger partial charge in [-0.25, -0.2) is 0 Å². The van der Waals surface area contributed by atoms with Gasteiger partial charge in [-0.15, -0.1) is 0 Å². The highest BCUT2D eigenvalue weighted by Gasteiger charge is 2.01. The van der Waals surface area contributed by atoms with Crippen LogP contribution in [0.1, 0.15) is 20.8 Å². The van der Waals surface area contributed by atoms with Gasteiger partial charge in [-0.1, -0.05) is 13.8 Å². The molecule has 0 unspecified atom stereocenters. The molecule has 0 bridgehead atoms. The number of hydrogen-bond donors (Lipinski definition) is 2. The van der Waals surface area contributed by atoms with Gasteiger partial charge < -0.3 is 29.6 Å². The van der Waals surface area contributed by atoms with Crippen LogP contribution in [0.4, 0.5) is 0 Å². The fraction of sp³-hybridized carbons (Fsp3) is 0.875. The van der Waals surface area contributed by atoms with Crippen LogP contribution in [-0.2, 0) is 28.5 Å². The lowest BCUT2D eigenvalue weighted by Gasteiger charge is -2.09. The number of ether oxygens (including phenoxy) is 4. The smallest absolute Gasteiger partial charge is 0.246 e. The van der Waals surface area contributed by atoms with Crippen LogP contribution in [-0.4, -0.2) is 83.7 Å². The van der Waals surface area contributed by atoms with Crippen molar-refractivity contribution in [1.82, 2.24) is 10.6 Å². The van der Waals surface area contributed by atoms with E-state index in [1.54, 1.807) is 0 Å². The molecule has 8 heteroatoms. The van der Waals surface area contributed by atoms with Crippen LogP contribution in [0.2, 0.25) is 0 Å². The van der Waals surface area contributed by atoms with Gasteiger partial charge in [0.1, 0.15) is 13.2 Å². The standard InChI is InChI=1S/C16H32N2O6/c1-14(2)17-4-6-21-9-11-24-13-16(20)18-5-7-22-8-10-23-12-15(3)19/h14,17H,4-13H2,1-3H3,(H,18,20). The Labute approximate surface area is 144 Å². The first-order valence-corrected chi connectivity index (χ1v) is 8.33. The van der Waals surface area contributed by atoms with Crippen molar-refractivity contribution >= 4 is 11.7 Å². The maximum atomic E-state index is 11.5. The Morgan fingerprint density at radius 2 is 1.33 bits per heavy atom. The van der Waals surface area contributed by atoms with Gasteiger partial charge in [-0.05, 0) is 6.92 Å². The molecule has 0 aliphatic rings. The molecule has 24 heavy (non-hydrogen) atoms. The molecule has 0 fully saturated rings. The van der Waals surface area contributed by atoms with Crippen LogP contribution in [0.5, 0.6) is 0 Å². The molecule has 0 saturated carbocycles. The molecule has 0 aliphatic heterocycles. The van der Waals surface area contributed by atoms with Crippen molar-refractivity contribution in [2.24, 2.45) is 0 Å². The van der Waals surface area contributed by atoms with Gasteiger partial charge in [0, 0.05) is 19.1 Å². The minimum Gasteiger partial charge on any atom is -0.378 e. The van der Waals surface area contributed by atoms with E-state index in [0.717, 1.165) is 6.54 Å². The monoisotopic (exact) mass is 348 g/mol. The molecule has 0 radical (unpaired) electrons. The molecule has 0 rings (SSSR count). The van der Waals surface area contributed by atoms with E-state index < -0.39 is 0 Å². The number of hydrogen-bond acceptors (Lipinski definition) is 7. The highest BCUT2D eigenvalue weighted by Crippen LogP contribution is 1.82. The first kappa shape index (κ1) is 22.9. The Hall–Kier alpha value is -1.06. The topological polar surface area (TPSA) is 95.1 Å². The summed E-state index contributed by atoms with van der Waals surface area (Å²) in [7, 11) is 0. The van der Waals surface area contributed by atoms with E-state index >= 15 is 0 Å². The number of nitrogens with one attached hydrogen (secondary N) is 2. The number of ketones is 1. The lowest BCUT2D eigenvalue weighted by atomic mass is 10.4. The molecule has 1 amide bonds. The van der Waals surface area contributed by atoms with Crippen molar-refractivity contribution < 1.29 is 28.5 Å². The summed E-state index contributed by atoms with van der Waals surface area (Å²) < 4.78 is 20.8. The van der Waals surface area contributed by atoms with Crippen LogP contribution in [0.15, 0.2) is 0 Å². The van der Waals surface area contributed by atoms with E-state index in [4.69, 9.17) is 18.9 Å². The summed E-state index contributed by atoms with van der Waals surface area (Å²) in [6.07, 6.45) is 0. The summed E-state index contributed by atoms with van der Waals surface area (Å²) in [6, 6.07) is 0.450. The van der Waals surface area contributed by atoms with Gasteiger partial charge >= 0.3 is 0 Å². The Morgan fingerprint density at radius 1 is 0.792 bits per heavy atom. The van der Waals surface area contributed by atoms with Crippen molar-refractivity contribution in [3.63, 3.8) is 0 Å². The van der Waals surface area contributed by atoms with Gasteiger partial charge in [0.25, 0.3) is 0 Å². The SMILES string of the molecule is CC(=O)COCCOCCNC(=O)COCCOCCNC(C)C. The molecule has 2 N–H and O–H groups in total. The Morgan fingerprint density at radius 3 is 1.92 bits per heavy atom.